The SMILES string of the molecule is CCCCCCCCC(O)CC(=O)OC(CCCCC)CC(=O)O. The van der Waals surface area contributed by atoms with Crippen molar-refractivity contribution in [2.45, 2.75) is 110 Å². The molecule has 0 aromatic carbocycles. The molecule has 0 aliphatic rings. The molecule has 0 aliphatic carbocycles. The minimum absolute atomic E-state index is 0.0428. The van der Waals surface area contributed by atoms with Crippen molar-refractivity contribution in [3.05, 3.63) is 0 Å². The van der Waals surface area contributed by atoms with Crippen molar-refractivity contribution in [3.8, 4) is 0 Å². The van der Waals surface area contributed by atoms with E-state index in [2.05, 4.69) is 13.8 Å². The third-order valence-electron chi connectivity index (χ3n) is 4.12. The molecule has 0 aromatic rings. The van der Waals surface area contributed by atoms with Gasteiger partial charge in [0.25, 0.3) is 0 Å². The molecule has 24 heavy (non-hydrogen) atoms. The molecule has 0 bridgehead atoms. The van der Waals surface area contributed by atoms with Crippen molar-refractivity contribution in [1.82, 2.24) is 0 Å². The maximum atomic E-state index is 11.9. The van der Waals surface area contributed by atoms with E-state index in [1.807, 2.05) is 0 Å². The van der Waals surface area contributed by atoms with Crippen LogP contribution in [0.3, 0.4) is 0 Å². The number of ether oxygens (including phenoxy) is 1. The quantitative estimate of drug-likeness (QED) is 0.319. The Morgan fingerprint density at radius 1 is 0.833 bits per heavy atom. The fourth-order valence-electron chi connectivity index (χ4n) is 2.71. The average molecular weight is 344 g/mol. The van der Waals surface area contributed by atoms with E-state index < -0.39 is 24.1 Å². The van der Waals surface area contributed by atoms with Gasteiger partial charge in [-0.2, -0.15) is 0 Å². The second-order valence-electron chi connectivity index (χ2n) is 6.62. The second kappa shape index (κ2) is 15.4. The highest BCUT2D eigenvalue weighted by atomic mass is 16.5. The van der Waals surface area contributed by atoms with Crippen LogP contribution in [0, 0.1) is 0 Å². The van der Waals surface area contributed by atoms with E-state index in [0.29, 0.717) is 12.8 Å². The minimum atomic E-state index is -0.961. The summed E-state index contributed by atoms with van der Waals surface area (Å²) in [5, 5.41) is 18.8. The number of hydrogen-bond donors (Lipinski definition) is 2. The van der Waals surface area contributed by atoms with Gasteiger partial charge < -0.3 is 14.9 Å². The van der Waals surface area contributed by atoms with Crippen LogP contribution in [0.2, 0.25) is 0 Å². The zero-order valence-electron chi connectivity index (χ0n) is 15.5. The molecule has 0 saturated heterocycles. The van der Waals surface area contributed by atoms with Crippen LogP contribution in [-0.2, 0) is 14.3 Å². The number of rotatable bonds is 16. The van der Waals surface area contributed by atoms with E-state index in [0.717, 1.165) is 32.1 Å². The van der Waals surface area contributed by atoms with Crippen LogP contribution in [0.1, 0.15) is 97.3 Å². The molecule has 0 fully saturated rings. The normalized spacial score (nSPS) is 13.5. The van der Waals surface area contributed by atoms with Gasteiger partial charge in [-0.25, -0.2) is 0 Å². The van der Waals surface area contributed by atoms with Crippen molar-refractivity contribution < 1.29 is 24.5 Å². The van der Waals surface area contributed by atoms with Gasteiger partial charge in [0.1, 0.15) is 6.10 Å². The molecule has 0 heterocycles. The molecule has 2 atom stereocenters. The number of hydrogen-bond acceptors (Lipinski definition) is 4. The van der Waals surface area contributed by atoms with Crippen LogP contribution in [0.25, 0.3) is 0 Å². The Labute approximate surface area is 146 Å². The molecule has 0 aliphatic heterocycles. The molecule has 5 nitrogen and oxygen atoms in total. The summed E-state index contributed by atoms with van der Waals surface area (Å²) in [5.74, 6) is -1.45. The van der Waals surface area contributed by atoms with Crippen molar-refractivity contribution in [2.75, 3.05) is 0 Å². The lowest BCUT2D eigenvalue weighted by molar-refractivity contribution is -0.155. The molecule has 2 unspecified atom stereocenters. The van der Waals surface area contributed by atoms with Crippen LogP contribution in [0.5, 0.6) is 0 Å². The minimum Gasteiger partial charge on any atom is -0.481 e. The molecule has 0 rings (SSSR count). The average Bonchev–Trinajstić information content (AvgIpc) is 2.50. The number of carboxylic acids is 1. The number of carbonyl (C=O) groups is 2. The molecule has 0 radical (unpaired) electrons. The monoisotopic (exact) mass is 344 g/mol. The predicted octanol–water partition coefficient (Wildman–Crippen LogP) is 4.45. The van der Waals surface area contributed by atoms with Gasteiger partial charge in [0.15, 0.2) is 0 Å². The lowest BCUT2D eigenvalue weighted by Gasteiger charge is -2.17. The van der Waals surface area contributed by atoms with Crippen LogP contribution in [-0.4, -0.2) is 34.4 Å². The molecule has 142 valence electrons. The zero-order chi connectivity index (χ0) is 18.2. The number of carbonyl (C=O) groups excluding carboxylic acids is 1. The Hall–Kier alpha value is -1.10. The van der Waals surface area contributed by atoms with Crippen molar-refractivity contribution in [1.29, 1.82) is 0 Å². The summed E-state index contributed by atoms with van der Waals surface area (Å²) in [6.45, 7) is 4.24. The van der Waals surface area contributed by atoms with Crippen LogP contribution < -0.4 is 0 Å². The molecule has 0 saturated carbocycles. The van der Waals surface area contributed by atoms with Gasteiger partial charge in [0.05, 0.1) is 18.9 Å². The summed E-state index contributed by atoms with van der Waals surface area (Å²) in [7, 11) is 0. The highest BCUT2D eigenvalue weighted by Gasteiger charge is 2.19. The van der Waals surface area contributed by atoms with Crippen molar-refractivity contribution in [2.24, 2.45) is 0 Å². The summed E-state index contributed by atoms with van der Waals surface area (Å²) < 4.78 is 5.26. The van der Waals surface area contributed by atoms with Crippen LogP contribution >= 0.6 is 0 Å². The first kappa shape index (κ1) is 22.9. The number of aliphatic hydroxyl groups is 1. The number of carboxylic acid groups (broad SMARTS) is 1. The maximum absolute atomic E-state index is 11.9. The van der Waals surface area contributed by atoms with E-state index in [9.17, 15) is 14.7 Å². The lowest BCUT2D eigenvalue weighted by Crippen LogP contribution is -2.24. The van der Waals surface area contributed by atoms with E-state index in [1.54, 1.807) is 0 Å². The third kappa shape index (κ3) is 14.5. The lowest BCUT2D eigenvalue weighted by atomic mass is 10.1. The Kier molecular flexibility index (Phi) is 14.7. The van der Waals surface area contributed by atoms with Gasteiger partial charge in [-0.1, -0.05) is 65.2 Å². The van der Waals surface area contributed by atoms with Gasteiger partial charge >= 0.3 is 11.9 Å². The van der Waals surface area contributed by atoms with Gasteiger partial charge in [0.2, 0.25) is 0 Å². The highest BCUT2D eigenvalue weighted by Crippen LogP contribution is 2.14. The topological polar surface area (TPSA) is 83.8 Å². The van der Waals surface area contributed by atoms with Crippen molar-refractivity contribution in [3.63, 3.8) is 0 Å². The Balaban J connectivity index is 3.96. The Bertz CT molecular complexity index is 330. The second-order valence-corrected chi connectivity index (χ2v) is 6.62. The molecule has 0 aromatic heterocycles. The van der Waals surface area contributed by atoms with Gasteiger partial charge in [-0.05, 0) is 19.3 Å². The van der Waals surface area contributed by atoms with Crippen molar-refractivity contribution >= 4 is 11.9 Å². The number of aliphatic hydroxyl groups excluding tert-OH is 1. The highest BCUT2D eigenvalue weighted by molar-refractivity contribution is 5.71. The van der Waals surface area contributed by atoms with Gasteiger partial charge in [-0.3, -0.25) is 9.59 Å². The Morgan fingerprint density at radius 2 is 1.38 bits per heavy atom. The molecular formula is C19H36O5. The number of esters is 1. The first-order valence-corrected chi connectivity index (χ1v) is 9.58. The van der Waals surface area contributed by atoms with Crippen LogP contribution in [0.15, 0.2) is 0 Å². The molecule has 0 spiro atoms. The first-order valence-electron chi connectivity index (χ1n) is 9.58. The van der Waals surface area contributed by atoms with E-state index in [4.69, 9.17) is 9.84 Å². The smallest absolute Gasteiger partial charge is 0.308 e. The maximum Gasteiger partial charge on any atom is 0.308 e. The van der Waals surface area contributed by atoms with Gasteiger partial charge in [-0.15, -0.1) is 0 Å². The number of aliphatic carboxylic acids is 1. The van der Waals surface area contributed by atoms with Gasteiger partial charge in [0, 0.05) is 0 Å². The summed E-state index contributed by atoms with van der Waals surface area (Å²) in [6, 6.07) is 0. The van der Waals surface area contributed by atoms with E-state index >= 15 is 0 Å². The van der Waals surface area contributed by atoms with E-state index in [1.165, 1.54) is 25.7 Å². The molecule has 5 heteroatoms. The fourth-order valence-corrected chi connectivity index (χ4v) is 2.71. The zero-order valence-corrected chi connectivity index (χ0v) is 15.5. The van der Waals surface area contributed by atoms with Crippen LogP contribution in [0.4, 0.5) is 0 Å². The first-order chi connectivity index (χ1) is 11.5. The molecule has 0 amide bonds. The largest absolute Gasteiger partial charge is 0.481 e. The number of unbranched alkanes of at least 4 members (excludes halogenated alkanes) is 7. The molecule has 2 N–H and O–H groups in total. The standard InChI is InChI=1S/C19H36O5/c1-3-5-7-8-9-11-12-16(20)14-19(23)24-17(15-18(21)22)13-10-6-4-2/h16-17,20H,3-15H2,1-2H3,(H,21,22). The summed E-state index contributed by atoms with van der Waals surface area (Å²) in [5.41, 5.74) is 0. The third-order valence-corrected chi connectivity index (χ3v) is 4.12. The Morgan fingerprint density at radius 3 is 2.00 bits per heavy atom. The fraction of sp³-hybridized carbons (Fsp3) is 0.895. The predicted molar refractivity (Wildman–Crippen MR) is 94.9 cm³/mol. The van der Waals surface area contributed by atoms with E-state index in [-0.39, 0.29) is 12.8 Å². The summed E-state index contributed by atoms with van der Waals surface area (Å²) in [6.07, 6.45) is 9.41. The summed E-state index contributed by atoms with van der Waals surface area (Å²) >= 11 is 0. The molecular weight excluding hydrogens is 308 g/mol. The summed E-state index contributed by atoms with van der Waals surface area (Å²) in [4.78, 5) is 22.7.